The van der Waals surface area contributed by atoms with Crippen molar-refractivity contribution in [2.24, 2.45) is 5.10 Å². The molecule has 0 aliphatic rings. The van der Waals surface area contributed by atoms with Crippen molar-refractivity contribution in [3.8, 4) is 0 Å². The molecule has 0 unspecified atom stereocenters. The van der Waals surface area contributed by atoms with Crippen LogP contribution in [0.3, 0.4) is 0 Å². The van der Waals surface area contributed by atoms with Crippen LogP contribution in [0.1, 0.15) is 29.2 Å². The molecule has 0 saturated heterocycles. The molecule has 0 bridgehead atoms. The van der Waals surface area contributed by atoms with Crippen LogP contribution in [0.15, 0.2) is 107 Å². The molecule has 0 saturated carbocycles. The summed E-state index contributed by atoms with van der Waals surface area (Å²) >= 11 is 0. The lowest BCUT2D eigenvalue weighted by Crippen LogP contribution is -2.32. The number of sulfonamides is 1. The van der Waals surface area contributed by atoms with Crippen LogP contribution in [-0.2, 0) is 14.8 Å². The number of aromatic amines is 1. The number of hydrazone groups is 1. The van der Waals surface area contributed by atoms with E-state index in [4.69, 9.17) is 0 Å². The Labute approximate surface area is 215 Å². The van der Waals surface area contributed by atoms with Crippen molar-refractivity contribution in [1.29, 1.82) is 0 Å². The molecule has 0 fully saturated rings. The lowest BCUT2D eigenvalue weighted by Gasteiger charge is -2.18. The average Bonchev–Trinajstić information content (AvgIpc) is 3.27. The fraction of sp³-hybridized carbons (Fsp3) is 0.103. The molecule has 0 spiro atoms. The van der Waals surface area contributed by atoms with Crippen LogP contribution in [0.5, 0.6) is 0 Å². The van der Waals surface area contributed by atoms with E-state index in [1.54, 1.807) is 54.7 Å². The molecule has 1 amide bonds. The number of nitrogens with zero attached hydrogens (tertiary/aromatic N) is 1. The normalized spacial score (nSPS) is 12.8. The van der Waals surface area contributed by atoms with Gasteiger partial charge in [0, 0.05) is 28.2 Å². The molecule has 4 aromatic carbocycles. The maximum absolute atomic E-state index is 13.0. The van der Waals surface area contributed by atoms with Crippen molar-refractivity contribution in [2.45, 2.75) is 24.3 Å². The number of hydrogen-bond acceptors (Lipinski definition) is 4. The van der Waals surface area contributed by atoms with Crippen LogP contribution in [0.25, 0.3) is 21.8 Å². The Morgan fingerprint density at radius 1 is 0.892 bits per heavy atom. The van der Waals surface area contributed by atoms with Crippen LogP contribution in [0, 0.1) is 6.92 Å². The average molecular weight is 511 g/mol. The van der Waals surface area contributed by atoms with Crippen LogP contribution in [0.2, 0.25) is 0 Å². The molecule has 37 heavy (non-hydrogen) atoms. The second-order valence-corrected chi connectivity index (χ2v) is 10.6. The molecule has 5 aromatic rings. The van der Waals surface area contributed by atoms with Gasteiger partial charge in [0.2, 0.25) is 15.9 Å². The van der Waals surface area contributed by atoms with Crippen molar-refractivity contribution in [2.75, 3.05) is 0 Å². The Kier molecular flexibility index (Phi) is 6.85. The molecule has 0 aliphatic heterocycles. The topological polar surface area (TPSA) is 103 Å². The molecule has 8 heteroatoms. The van der Waals surface area contributed by atoms with Crippen LogP contribution in [0.4, 0.5) is 0 Å². The van der Waals surface area contributed by atoms with Crippen molar-refractivity contribution >= 4 is 44.0 Å². The van der Waals surface area contributed by atoms with E-state index in [-0.39, 0.29) is 11.3 Å². The maximum atomic E-state index is 13.0. The molecular formula is C29H26N4O3S. The van der Waals surface area contributed by atoms with Crippen LogP contribution < -0.4 is 10.1 Å². The van der Waals surface area contributed by atoms with Gasteiger partial charge in [-0.3, -0.25) is 4.79 Å². The van der Waals surface area contributed by atoms with E-state index in [1.165, 1.54) is 0 Å². The third-order valence-electron chi connectivity index (χ3n) is 6.15. The zero-order valence-corrected chi connectivity index (χ0v) is 21.0. The van der Waals surface area contributed by atoms with Gasteiger partial charge in [0.15, 0.2) is 0 Å². The quantitative estimate of drug-likeness (QED) is 0.198. The number of rotatable bonds is 8. The Morgan fingerprint density at radius 2 is 1.59 bits per heavy atom. The second-order valence-electron chi connectivity index (χ2n) is 8.87. The molecule has 7 nitrogen and oxygen atoms in total. The number of nitrogens with one attached hydrogen (secondary N) is 3. The van der Waals surface area contributed by atoms with E-state index in [1.807, 2.05) is 49.4 Å². The fourth-order valence-corrected chi connectivity index (χ4v) is 5.47. The molecule has 0 aliphatic carbocycles. The minimum Gasteiger partial charge on any atom is -0.355 e. The number of aromatic nitrogens is 1. The molecule has 186 valence electrons. The van der Waals surface area contributed by atoms with Gasteiger partial charge in [-0.05, 0) is 48.4 Å². The molecule has 1 aromatic heterocycles. The number of fused-ring (bicyclic) bond motifs is 3. The number of benzene rings is 4. The standard InChI is InChI=1S/C29H26N4O3S/c1-20-11-14-23(15-12-20)37(35,36)33-28(22-7-3-2-4-8-22)18-29(34)32-30-19-21-13-16-27-25(17-21)24-9-5-6-10-26(24)31-27/h2-17,19,28,31,33H,18H2,1H3,(H,32,34)/b30-19-/t28-/m0/s1. The zero-order valence-electron chi connectivity index (χ0n) is 20.2. The number of aryl methyl sites for hydroxylation is 1. The second kappa shape index (κ2) is 10.4. The number of carbonyl (C=O) groups excluding carboxylic acids is 1. The summed E-state index contributed by atoms with van der Waals surface area (Å²) in [6.07, 6.45) is 1.46. The zero-order chi connectivity index (χ0) is 25.8. The number of carbonyl (C=O) groups is 1. The number of H-pyrrole nitrogens is 1. The van der Waals surface area contributed by atoms with Gasteiger partial charge in [-0.15, -0.1) is 0 Å². The third-order valence-corrected chi connectivity index (χ3v) is 7.64. The lowest BCUT2D eigenvalue weighted by molar-refractivity contribution is -0.121. The van der Waals surface area contributed by atoms with E-state index >= 15 is 0 Å². The van der Waals surface area contributed by atoms with Crippen molar-refractivity contribution in [1.82, 2.24) is 15.1 Å². The summed E-state index contributed by atoms with van der Waals surface area (Å²) in [5, 5.41) is 6.30. The van der Waals surface area contributed by atoms with Crippen LogP contribution >= 0.6 is 0 Å². The maximum Gasteiger partial charge on any atom is 0.242 e. The van der Waals surface area contributed by atoms with Gasteiger partial charge >= 0.3 is 0 Å². The summed E-state index contributed by atoms with van der Waals surface area (Å²) in [6, 6.07) is 28.8. The van der Waals surface area contributed by atoms with Crippen molar-refractivity contribution < 1.29 is 13.2 Å². The SMILES string of the molecule is Cc1ccc(S(=O)(=O)N[C@@H](CC(=O)N/N=C\c2ccc3[nH]c4ccccc4c3c2)c2ccccc2)cc1. The van der Waals surface area contributed by atoms with Gasteiger partial charge in [0.05, 0.1) is 17.2 Å². The first kappa shape index (κ1) is 24.4. The highest BCUT2D eigenvalue weighted by molar-refractivity contribution is 7.89. The summed E-state index contributed by atoms with van der Waals surface area (Å²) in [6.45, 7) is 1.89. The highest BCUT2D eigenvalue weighted by atomic mass is 32.2. The van der Waals surface area contributed by atoms with Gasteiger partial charge in [-0.25, -0.2) is 18.6 Å². The molecule has 1 heterocycles. The predicted molar refractivity (Wildman–Crippen MR) is 147 cm³/mol. The largest absolute Gasteiger partial charge is 0.355 e. The number of para-hydroxylation sites is 1. The summed E-state index contributed by atoms with van der Waals surface area (Å²) in [4.78, 5) is 16.3. The Balaban J connectivity index is 1.30. The molecule has 5 rings (SSSR count). The monoisotopic (exact) mass is 510 g/mol. The van der Waals surface area contributed by atoms with Gasteiger partial charge in [-0.1, -0.05) is 72.3 Å². The minimum absolute atomic E-state index is 0.117. The van der Waals surface area contributed by atoms with E-state index in [0.29, 0.717) is 5.56 Å². The molecular weight excluding hydrogens is 484 g/mol. The smallest absolute Gasteiger partial charge is 0.242 e. The minimum atomic E-state index is -3.84. The van der Waals surface area contributed by atoms with E-state index in [2.05, 4.69) is 26.3 Å². The van der Waals surface area contributed by atoms with Gasteiger partial charge in [0.25, 0.3) is 0 Å². The molecule has 3 N–H and O–H groups in total. The van der Waals surface area contributed by atoms with Gasteiger partial charge < -0.3 is 4.98 Å². The molecule has 1 atom stereocenters. The first-order valence-corrected chi connectivity index (χ1v) is 13.3. The van der Waals surface area contributed by atoms with Crippen molar-refractivity contribution in [3.63, 3.8) is 0 Å². The fourth-order valence-electron chi connectivity index (χ4n) is 4.24. The Bertz CT molecular complexity index is 1690. The van der Waals surface area contributed by atoms with Gasteiger partial charge in [0.1, 0.15) is 0 Å². The Morgan fingerprint density at radius 3 is 2.38 bits per heavy atom. The van der Waals surface area contributed by atoms with E-state index < -0.39 is 22.0 Å². The summed E-state index contributed by atoms with van der Waals surface area (Å²) in [7, 11) is -3.84. The summed E-state index contributed by atoms with van der Waals surface area (Å²) in [5.41, 5.74) is 7.08. The summed E-state index contributed by atoms with van der Waals surface area (Å²) in [5.74, 6) is -0.412. The Hall–Kier alpha value is -4.27. The third kappa shape index (κ3) is 5.61. The number of amides is 1. The summed E-state index contributed by atoms with van der Waals surface area (Å²) < 4.78 is 28.7. The highest BCUT2D eigenvalue weighted by Crippen LogP contribution is 2.25. The van der Waals surface area contributed by atoms with E-state index in [9.17, 15) is 13.2 Å². The molecule has 0 radical (unpaired) electrons. The highest BCUT2D eigenvalue weighted by Gasteiger charge is 2.23. The number of hydrogen-bond donors (Lipinski definition) is 3. The first-order valence-electron chi connectivity index (χ1n) is 11.9. The van der Waals surface area contributed by atoms with E-state index in [0.717, 1.165) is 32.9 Å². The first-order chi connectivity index (χ1) is 17.9. The van der Waals surface area contributed by atoms with Crippen LogP contribution in [-0.4, -0.2) is 25.5 Å². The van der Waals surface area contributed by atoms with Crippen molar-refractivity contribution in [3.05, 3.63) is 114 Å². The lowest BCUT2D eigenvalue weighted by atomic mass is 10.0. The van der Waals surface area contributed by atoms with Gasteiger partial charge in [-0.2, -0.15) is 5.10 Å². The predicted octanol–water partition coefficient (Wildman–Crippen LogP) is 5.19.